The molecule has 14 nitrogen and oxygen atoms in total. The molecule has 0 saturated carbocycles. The van der Waals surface area contributed by atoms with Crippen molar-refractivity contribution >= 4 is 41.4 Å². The molecule has 4 heterocycles. The highest BCUT2D eigenvalue weighted by Crippen LogP contribution is 2.39. The molecule has 2 aromatic heterocycles. The molecule has 4 aromatic carbocycles. The van der Waals surface area contributed by atoms with Crippen molar-refractivity contribution in [2.24, 2.45) is 16.8 Å². The fraction of sp³-hybridized carbons (Fsp3) is 0.333. The van der Waals surface area contributed by atoms with Crippen LogP contribution in [0, 0.1) is 37.0 Å². The predicted octanol–water partition coefficient (Wildman–Crippen LogP) is 10.9. The summed E-state index contributed by atoms with van der Waals surface area (Å²) in [6.45, 7) is 8.26. The van der Waals surface area contributed by atoms with Crippen LogP contribution in [0.1, 0.15) is 81.3 Å². The second kappa shape index (κ2) is 24.6. The van der Waals surface area contributed by atoms with Crippen molar-refractivity contribution in [1.29, 1.82) is 5.26 Å². The van der Waals surface area contributed by atoms with Crippen molar-refractivity contribution in [3.8, 4) is 40.2 Å². The minimum absolute atomic E-state index is 0.147. The van der Waals surface area contributed by atoms with Crippen molar-refractivity contribution in [2.75, 3.05) is 33.2 Å². The van der Waals surface area contributed by atoms with E-state index in [1.54, 1.807) is 44.0 Å². The quantitative estimate of drug-likeness (QED) is 0.0691. The lowest BCUT2D eigenvalue weighted by atomic mass is 9.92. The number of hydrogen-bond acceptors (Lipinski definition) is 12. The number of aliphatic imine (C=N–C) groups is 1. The fourth-order valence-corrected chi connectivity index (χ4v) is 9.98. The monoisotopic (exact) mass is 1020 g/mol. The Labute approximate surface area is 435 Å². The zero-order valence-electron chi connectivity index (χ0n) is 41.2. The summed E-state index contributed by atoms with van der Waals surface area (Å²) in [7, 11) is 1.71. The van der Waals surface area contributed by atoms with E-state index in [-0.39, 0.29) is 26.4 Å². The van der Waals surface area contributed by atoms with Gasteiger partial charge in [-0.15, -0.1) is 0 Å². The zero-order valence-corrected chi connectivity index (χ0v) is 42.7. The number of hydrogen-bond donors (Lipinski definition) is 2. The van der Waals surface area contributed by atoms with Gasteiger partial charge in [-0.3, -0.25) is 34.3 Å². The summed E-state index contributed by atoms with van der Waals surface area (Å²) in [6, 6.07) is 25.4. The summed E-state index contributed by atoms with van der Waals surface area (Å²) in [6.07, 6.45) is 11.2. The minimum Gasteiger partial charge on any atom is -0.488 e. The summed E-state index contributed by atoms with van der Waals surface area (Å²) in [5.41, 5.74) is 10.5. The highest BCUT2D eigenvalue weighted by Gasteiger charge is 2.28. The first-order chi connectivity index (χ1) is 35.3. The van der Waals surface area contributed by atoms with Gasteiger partial charge in [0.25, 0.3) is 0 Å². The Morgan fingerprint density at radius 1 is 0.671 bits per heavy atom. The van der Waals surface area contributed by atoms with Gasteiger partial charge >= 0.3 is 11.9 Å². The Hall–Kier alpha value is -7.02. The van der Waals surface area contributed by atoms with Crippen LogP contribution in [0.2, 0.25) is 10.0 Å². The van der Waals surface area contributed by atoms with Crippen LogP contribution in [-0.2, 0) is 49.1 Å². The van der Waals surface area contributed by atoms with E-state index in [0.717, 1.165) is 87.1 Å². The van der Waals surface area contributed by atoms with Crippen LogP contribution in [0.25, 0.3) is 11.1 Å². The third-order valence-electron chi connectivity index (χ3n) is 13.5. The Bertz CT molecular complexity index is 3030. The molecule has 16 heteroatoms. The van der Waals surface area contributed by atoms with Crippen LogP contribution >= 0.6 is 23.2 Å². The van der Waals surface area contributed by atoms with E-state index < -0.39 is 23.8 Å². The van der Waals surface area contributed by atoms with Gasteiger partial charge in [0, 0.05) is 104 Å². The molecule has 0 spiro atoms. The highest BCUT2D eigenvalue weighted by molar-refractivity contribution is 6.32. The Morgan fingerprint density at radius 3 is 1.63 bits per heavy atom. The topological polar surface area (TPSA) is 180 Å². The van der Waals surface area contributed by atoms with Gasteiger partial charge in [-0.25, -0.2) is 0 Å². The number of pyridine rings is 2. The number of aromatic nitrogens is 2. The predicted molar refractivity (Wildman–Crippen MR) is 280 cm³/mol. The average molecular weight is 1030 g/mol. The van der Waals surface area contributed by atoms with E-state index in [1.807, 2.05) is 48.5 Å². The van der Waals surface area contributed by atoms with Crippen molar-refractivity contribution in [2.45, 2.75) is 79.0 Å². The largest absolute Gasteiger partial charge is 0.488 e. The third kappa shape index (κ3) is 13.5. The van der Waals surface area contributed by atoms with E-state index in [1.165, 1.54) is 6.20 Å². The number of benzene rings is 4. The third-order valence-corrected chi connectivity index (χ3v) is 14.1. The number of ether oxygens (including phenoxy) is 4. The molecule has 2 fully saturated rings. The molecule has 0 bridgehead atoms. The molecule has 73 heavy (non-hydrogen) atoms. The van der Waals surface area contributed by atoms with E-state index in [4.69, 9.17) is 42.1 Å². The van der Waals surface area contributed by atoms with E-state index in [0.29, 0.717) is 77.6 Å². The average Bonchev–Trinajstić information content (AvgIpc) is 3.39. The SMILES string of the molecule is C/N=C/c1cncc(COc2cc(OCc3cccc(-c4cccc(COc5cc(OCc6cncc(C#N)c6)c(CN6CCC[C@H](C(=O)O)C6)cc5Cl)c4C)c3C)c(Cl)cc2CN2CCC[C@H](C(=O)O)C2)c1. The molecule has 378 valence electrons. The first-order valence-corrected chi connectivity index (χ1v) is 25.0. The molecule has 6 aromatic rings. The molecule has 0 unspecified atom stereocenters. The fourth-order valence-electron chi connectivity index (χ4n) is 9.50. The van der Waals surface area contributed by atoms with Crippen LogP contribution in [0.5, 0.6) is 23.0 Å². The van der Waals surface area contributed by atoms with Crippen molar-refractivity contribution < 1.29 is 38.7 Å². The molecule has 2 N–H and O–H groups in total. The molecule has 0 amide bonds. The Morgan fingerprint density at radius 2 is 1.15 bits per heavy atom. The number of carbonyl (C=O) groups is 2. The molecular weight excluding hydrogens is 968 g/mol. The molecule has 2 aliphatic heterocycles. The van der Waals surface area contributed by atoms with Crippen LogP contribution in [0.15, 0.2) is 103 Å². The maximum atomic E-state index is 11.9. The number of halogens is 2. The second-order valence-electron chi connectivity index (χ2n) is 18.6. The standard InChI is InChI=1S/C57H58Cl2N6O8/c1-36-44(34-72-54-20-52(70-32-40-16-38(22-60)24-62-26-40)46(18-50(54)58)30-64-14-6-10-42(28-64)56(66)67)8-4-12-48(36)49-13-5-9-45(37(49)2)35-73-55-21-53(71-33-41-17-39(23-61-3)25-63-27-41)47(19-51(55)59)31-65-15-7-11-43(29-65)57(68)69/h4-5,8-9,12-13,16-21,23-27,42-43H,6-7,10-11,14-15,28-35H2,1-3H3,(H,66,67)(H,68,69)/b61-23+/t42-,43-/m0/s1. The van der Waals surface area contributed by atoms with Crippen LogP contribution in [0.3, 0.4) is 0 Å². The highest BCUT2D eigenvalue weighted by atomic mass is 35.5. The normalized spacial score (nSPS) is 16.2. The van der Waals surface area contributed by atoms with Crippen LogP contribution in [-0.4, -0.2) is 81.4 Å². The van der Waals surface area contributed by atoms with Gasteiger partial charge < -0.3 is 29.2 Å². The molecule has 2 aliphatic rings. The van der Waals surface area contributed by atoms with Crippen LogP contribution in [0.4, 0.5) is 0 Å². The summed E-state index contributed by atoms with van der Waals surface area (Å²) in [5, 5.41) is 29.7. The molecular formula is C57H58Cl2N6O8. The number of piperidine rings is 2. The number of nitrogens with zero attached hydrogens (tertiary/aromatic N) is 6. The van der Waals surface area contributed by atoms with Gasteiger partial charge in [-0.05, 0) is 110 Å². The second-order valence-corrected chi connectivity index (χ2v) is 19.5. The first-order valence-electron chi connectivity index (χ1n) is 24.3. The maximum Gasteiger partial charge on any atom is 0.307 e. The number of carboxylic acid groups (broad SMARTS) is 2. The number of carboxylic acids is 2. The smallest absolute Gasteiger partial charge is 0.307 e. The molecule has 2 saturated heterocycles. The number of nitriles is 1. The van der Waals surface area contributed by atoms with Crippen molar-refractivity contribution in [3.05, 3.63) is 163 Å². The lowest BCUT2D eigenvalue weighted by Crippen LogP contribution is -2.38. The summed E-state index contributed by atoms with van der Waals surface area (Å²) in [4.78, 5) is 40.6. The van der Waals surface area contributed by atoms with E-state index >= 15 is 0 Å². The van der Waals surface area contributed by atoms with Crippen LogP contribution < -0.4 is 18.9 Å². The number of rotatable bonds is 20. The van der Waals surface area contributed by atoms with Crippen molar-refractivity contribution in [3.63, 3.8) is 0 Å². The van der Waals surface area contributed by atoms with Gasteiger partial charge in [0.2, 0.25) is 0 Å². The Balaban J connectivity index is 0.994. The van der Waals surface area contributed by atoms with E-state index in [9.17, 15) is 25.1 Å². The molecule has 2 atom stereocenters. The zero-order chi connectivity index (χ0) is 51.4. The molecule has 0 aliphatic carbocycles. The Kier molecular flexibility index (Phi) is 17.6. The summed E-state index contributed by atoms with van der Waals surface area (Å²) < 4.78 is 25.8. The number of likely N-dealkylation sites (tertiary alicyclic amines) is 2. The van der Waals surface area contributed by atoms with Gasteiger partial charge in [0.1, 0.15) is 55.5 Å². The van der Waals surface area contributed by atoms with Gasteiger partial charge in [-0.2, -0.15) is 5.26 Å². The first kappa shape index (κ1) is 52.3. The van der Waals surface area contributed by atoms with Crippen molar-refractivity contribution in [1.82, 2.24) is 19.8 Å². The number of aliphatic carboxylic acids is 2. The molecule has 0 radical (unpaired) electrons. The van der Waals surface area contributed by atoms with Gasteiger partial charge in [-0.1, -0.05) is 59.6 Å². The minimum atomic E-state index is -0.798. The molecule has 8 rings (SSSR count). The summed E-state index contributed by atoms with van der Waals surface area (Å²) >= 11 is 13.9. The maximum absolute atomic E-state index is 11.9. The summed E-state index contributed by atoms with van der Waals surface area (Å²) in [5.74, 6) is -0.452. The van der Waals surface area contributed by atoms with Gasteiger partial charge in [0.15, 0.2) is 0 Å². The van der Waals surface area contributed by atoms with Gasteiger partial charge in [0.05, 0.1) is 27.4 Å². The van der Waals surface area contributed by atoms with E-state index in [2.05, 4.69) is 56.8 Å². The lowest BCUT2D eigenvalue weighted by molar-refractivity contribution is -0.144. The lowest BCUT2D eigenvalue weighted by Gasteiger charge is -2.31.